The Kier molecular flexibility index (Phi) is 5.59. The Morgan fingerprint density at radius 2 is 2.06 bits per heavy atom. The molecule has 0 aromatic carbocycles. The number of nitrogens with zero attached hydrogens (tertiary/aromatic N) is 5. The molecule has 0 radical (unpaired) electrons. The van der Waals surface area contributed by atoms with E-state index >= 15 is 0 Å². The molecule has 1 saturated heterocycles. The highest BCUT2D eigenvalue weighted by Crippen LogP contribution is 2.48. The Morgan fingerprint density at radius 3 is 2.68 bits per heavy atom. The number of hydrogen-bond donors (Lipinski definition) is 1. The van der Waals surface area contributed by atoms with E-state index in [0.717, 1.165) is 23.8 Å². The van der Waals surface area contributed by atoms with Gasteiger partial charge in [0, 0.05) is 37.4 Å². The van der Waals surface area contributed by atoms with Crippen molar-refractivity contribution in [1.29, 1.82) is 0 Å². The fourth-order valence-corrected chi connectivity index (χ4v) is 4.10. The van der Waals surface area contributed by atoms with Gasteiger partial charge in [0.05, 0.1) is 17.9 Å². The fraction of sp³-hybridized carbons (Fsp3) is 0.550. The van der Waals surface area contributed by atoms with Crippen LogP contribution < -0.4 is 10.9 Å². The highest BCUT2D eigenvalue weighted by atomic mass is 19.1. The van der Waals surface area contributed by atoms with Gasteiger partial charge in [-0.1, -0.05) is 11.6 Å². The summed E-state index contributed by atoms with van der Waals surface area (Å²) in [6, 6.07) is 1.19. The summed E-state index contributed by atoms with van der Waals surface area (Å²) in [7, 11) is 0. The van der Waals surface area contributed by atoms with E-state index in [1.54, 1.807) is 13.1 Å². The summed E-state index contributed by atoms with van der Waals surface area (Å²) in [6.07, 6.45) is 4.79. The monoisotopic (exact) mass is 434 g/mol. The van der Waals surface area contributed by atoms with Crippen LogP contribution in [0.2, 0.25) is 0 Å². The highest BCUT2D eigenvalue weighted by Gasteiger charge is 2.50. The SMILES string of the molecule is Cc1cn(CC(F)CCn2ccc(NC(=O)C(=O)N3CC4(CCC4)C3)c(F)c2=O)nn1. The first-order valence-electron chi connectivity index (χ1n) is 10.3. The fourth-order valence-electron chi connectivity index (χ4n) is 4.10. The van der Waals surface area contributed by atoms with Crippen LogP contribution in [-0.4, -0.2) is 55.5 Å². The molecule has 166 valence electrons. The third-order valence-electron chi connectivity index (χ3n) is 6.02. The molecule has 1 atom stereocenters. The smallest absolute Gasteiger partial charge is 0.313 e. The maximum Gasteiger partial charge on any atom is 0.313 e. The molecule has 1 aliphatic carbocycles. The lowest BCUT2D eigenvalue weighted by molar-refractivity contribution is -0.156. The molecule has 9 nitrogen and oxygen atoms in total. The normalized spacial score (nSPS) is 17.7. The van der Waals surface area contributed by atoms with E-state index in [-0.39, 0.29) is 30.6 Å². The molecule has 4 rings (SSSR count). The average Bonchev–Trinajstić information content (AvgIpc) is 3.07. The molecule has 0 bridgehead atoms. The molecule has 1 N–H and O–H groups in total. The van der Waals surface area contributed by atoms with Crippen molar-refractivity contribution in [1.82, 2.24) is 24.5 Å². The molecular weight excluding hydrogens is 410 g/mol. The largest absolute Gasteiger partial charge is 0.333 e. The molecule has 1 aliphatic heterocycles. The molecule has 1 unspecified atom stereocenters. The zero-order chi connectivity index (χ0) is 22.2. The number of anilines is 1. The van der Waals surface area contributed by atoms with Gasteiger partial charge in [-0.25, -0.2) is 9.07 Å². The van der Waals surface area contributed by atoms with Gasteiger partial charge >= 0.3 is 11.8 Å². The maximum atomic E-state index is 14.5. The third-order valence-corrected chi connectivity index (χ3v) is 6.02. The Labute approximate surface area is 177 Å². The van der Waals surface area contributed by atoms with Crippen molar-refractivity contribution in [3.63, 3.8) is 0 Å². The molecule has 3 heterocycles. The van der Waals surface area contributed by atoms with Crippen LogP contribution in [0.15, 0.2) is 23.3 Å². The van der Waals surface area contributed by atoms with Gasteiger partial charge in [-0.3, -0.25) is 14.4 Å². The quantitative estimate of drug-likeness (QED) is 0.690. The number of alkyl halides is 1. The van der Waals surface area contributed by atoms with Crippen molar-refractivity contribution < 1.29 is 18.4 Å². The first kappa shape index (κ1) is 21.1. The van der Waals surface area contributed by atoms with Crippen molar-refractivity contribution >= 4 is 17.5 Å². The number of aromatic nitrogens is 4. The number of pyridine rings is 1. The molecule has 1 spiro atoms. The predicted octanol–water partition coefficient (Wildman–Crippen LogP) is 1.27. The second-order valence-electron chi connectivity index (χ2n) is 8.48. The van der Waals surface area contributed by atoms with E-state index < -0.39 is 29.4 Å². The van der Waals surface area contributed by atoms with Gasteiger partial charge in [0.1, 0.15) is 6.17 Å². The van der Waals surface area contributed by atoms with Crippen LogP contribution in [-0.2, 0) is 22.7 Å². The van der Waals surface area contributed by atoms with Crippen LogP contribution in [0.4, 0.5) is 14.5 Å². The van der Waals surface area contributed by atoms with Crippen molar-refractivity contribution in [3.8, 4) is 0 Å². The van der Waals surface area contributed by atoms with Gasteiger partial charge in [0.15, 0.2) is 0 Å². The number of aryl methyl sites for hydroxylation is 2. The lowest BCUT2D eigenvalue weighted by atomic mass is 9.63. The van der Waals surface area contributed by atoms with Gasteiger partial charge in [-0.05, 0) is 32.3 Å². The molecule has 2 aromatic heterocycles. The van der Waals surface area contributed by atoms with Crippen LogP contribution in [0.5, 0.6) is 0 Å². The van der Waals surface area contributed by atoms with E-state index in [1.165, 1.54) is 21.8 Å². The summed E-state index contributed by atoms with van der Waals surface area (Å²) in [5.41, 5.74) is -0.527. The number of likely N-dealkylation sites (tertiary alicyclic amines) is 1. The summed E-state index contributed by atoms with van der Waals surface area (Å²) >= 11 is 0. The van der Waals surface area contributed by atoms with Gasteiger partial charge < -0.3 is 14.8 Å². The maximum absolute atomic E-state index is 14.5. The van der Waals surface area contributed by atoms with Crippen LogP contribution in [0, 0.1) is 18.2 Å². The second-order valence-corrected chi connectivity index (χ2v) is 8.48. The number of carbonyl (C=O) groups excluding carboxylic acids is 2. The van der Waals surface area contributed by atoms with Gasteiger partial charge in [0.25, 0.3) is 5.56 Å². The van der Waals surface area contributed by atoms with Crippen LogP contribution >= 0.6 is 0 Å². The van der Waals surface area contributed by atoms with Crippen LogP contribution in [0.3, 0.4) is 0 Å². The van der Waals surface area contributed by atoms with Crippen LogP contribution in [0.1, 0.15) is 31.4 Å². The minimum absolute atomic E-state index is 0.0217. The summed E-state index contributed by atoms with van der Waals surface area (Å²) in [4.78, 5) is 38.0. The zero-order valence-electron chi connectivity index (χ0n) is 17.2. The Bertz CT molecular complexity index is 1050. The lowest BCUT2D eigenvalue weighted by Gasteiger charge is -2.55. The number of nitrogens with one attached hydrogen (secondary N) is 1. The minimum atomic E-state index is -1.30. The zero-order valence-corrected chi connectivity index (χ0v) is 17.2. The number of rotatable bonds is 6. The summed E-state index contributed by atoms with van der Waals surface area (Å²) in [6.45, 7) is 2.75. The Morgan fingerprint density at radius 1 is 1.32 bits per heavy atom. The molecule has 2 amide bonds. The van der Waals surface area contributed by atoms with Crippen molar-refractivity contribution in [3.05, 3.63) is 40.3 Å². The van der Waals surface area contributed by atoms with E-state index in [2.05, 4.69) is 15.6 Å². The topological polar surface area (TPSA) is 102 Å². The molecule has 2 aliphatic rings. The molecule has 31 heavy (non-hydrogen) atoms. The molecule has 11 heteroatoms. The van der Waals surface area contributed by atoms with Crippen molar-refractivity contribution in [2.45, 2.75) is 51.9 Å². The Hall–Kier alpha value is -3.11. The average molecular weight is 434 g/mol. The summed E-state index contributed by atoms with van der Waals surface area (Å²) < 4.78 is 31.0. The van der Waals surface area contributed by atoms with Gasteiger partial charge in [0.2, 0.25) is 5.82 Å². The molecule has 2 aromatic rings. The highest BCUT2D eigenvalue weighted by molar-refractivity contribution is 6.39. The molecular formula is C20H24F2N6O3. The molecule has 2 fully saturated rings. The second kappa shape index (κ2) is 8.20. The summed E-state index contributed by atoms with van der Waals surface area (Å²) in [5, 5.41) is 9.71. The first-order chi connectivity index (χ1) is 14.8. The number of amides is 2. The first-order valence-corrected chi connectivity index (χ1v) is 10.3. The predicted molar refractivity (Wildman–Crippen MR) is 106 cm³/mol. The third kappa shape index (κ3) is 4.35. The van der Waals surface area contributed by atoms with Crippen LogP contribution in [0.25, 0.3) is 0 Å². The van der Waals surface area contributed by atoms with Gasteiger partial charge in [-0.15, -0.1) is 5.10 Å². The number of carbonyl (C=O) groups is 2. The standard InChI is InChI=1S/C20H24F2N6O3/c1-13-9-28(25-24-13)10-14(21)3-7-26-8-4-15(16(22)18(26)30)23-17(29)19(31)27-11-20(12-27)5-2-6-20/h4,8-9,14H,2-3,5-7,10-12H2,1H3,(H,23,29). The van der Waals surface area contributed by atoms with Crippen molar-refractivity contribution in [2.75, 3.05) is 18.4 Å². The van der Waals surface area contributed by atoms with E-state index in [4.69, 9.17) is 0 Å². The summed E-state index contributed by atoms with van der Waals surface area (Å²) in [5.74, 6) is -2.90. The van der Waals surface area contributed by atoms with E-state index in [0.29, 0.717) is 18.8 Å². The lowest BCUT2D eigenvalue weighted by Crippen LogP contribution is -2.63. The van der Waals surface area contributed by atoms with E-state index in [1.807, 2.05) is 0 Å². The molecule has 1 saturated carbocycles. The Balaban J connectivity index is 1.32. The minimum Gasteiger partial charge on any atom is -0.333 e. The number of hydrogen-bond acceptors (Lipinski definition) is 5. The van der Waals surface area contributed by atoms with E-state index in [9.17, 15) is 23.2 Å². The van der Waals surface area contributed by atoms with Gasteiger partial charge in [-0.2, -0.15) is 4.39 Å². The van der Waals surface area contributed by atoms with Crippen molar-refractivity contribution in [2.24, 2.45) is 5.41 Å². The number of halogens is 2.